The van der Waals surface area contributed by atoms with Gasteiger partial charge in [-0.3, -0.25) is 4.79 Å². The second-order valence-electron chi connectivity index (χ2n) is 3.64. The third-order valence-electron chi connectivity index (χ3n) is 2.43. The molecule has 0 bridgehead atoms. The first-order chi connectivity index (χ1) is 8.63. The lowest BCUT2D eigenvalue weighted by Crippen LogP contribution is -2.02. The molecule has 1 heterocycles. The zero-order valence-electron chi connectivity index (χ0n) is 10.1. The van der Waals surface area contributed by atoms with E-state index in [9.17, 15) is 4.79 Å². The number of carbonyl (C=O) groups is 1. The van der Waals surface area contributed by atoms with Gasteiger partial charge in [-0.2, -0.15) is 0 Å². The van der Waals surface area contributed by atoms with E-state index in [1.807, 2.05) is 29.6 Å². The Labute approximate surface area is 109 Å². The SMILES string of the molecule is COc1ccccc1-c1csc(OC(C)=O)c1N. The molecule has 18 heavy (non-hydrogen) atoms. The minimum Gasteiger partial charge on any atom is -0.496 e. The molecular formula is C13H13NO3S. The molecule has 5 heteroatoms. The van der Waals surface area contributed by atoms with Crippen LogP contribution in [0.15, 0.2) is 29.6 Å². The molecule has 0 saturated carbocycles. The van der Waals surface area contributed by atoms with E-state index < -0.39 is 0 Å². The number of ether oxygens (including phenoxy) is 2. The highest BCUT2D eigenvalue weighted by Gasteiger charge is 2.15. The number of benzene rings is 1. The first-order valence-corrected chi connectivity index (χ1v) is 6.20. The van der Waals surface area contributed by atoms with E-state index in [2.05, 4.69) is 0 Å². The van der Waals surface area contributed by atoms with Gasteiger partial charge in [-0.05, 0) is 6.07 Å². The average Bonchev–Trinajstić information content (AvgIpc) is 2.70. The van der Waals surface area contributed by atoms with Crippen LogP contribution in [0.2, 0.25) is 0 Å². The molecule has 2 rings (SSSR count). The Bertz CT molecular complexity index is 577. The lowest BCUT2D eigenvalue weighted by atomic mass is 10.1. The first-order valence-electron chi connectivity index (χ1n) is 5.32. The first kappa shape index (κ1) is 12.4. The second-order valence-corrected chi connectivity index (χ2v) is 4.49. The van der Waals surface area contributed by atoms with Crippen LogP contribution in [0.25, 0.3) is 11.1 Å². The van der Waals surface area contributed by atoms with E-state index in [1.165, 1.54) is 18.3 Å². The Kier molecular flexibility index (Phi) is 3.53. The van der Waals surface area contributed by atoms with Gasteiger partial charge in [0.1, 0.15) is 5.75 Å². The lowest BCUT2D eigenvalue weighted by Gasteiger charge is -2.07. The molecule has 2 N–H and O–H groups in total. The van der Waals surface area contributed by atoms with Crippen molar-refractivity contribution >= 4 is 23.0 Å². The number of methoxy groups -OCH3 is 1. The summed E-state index contributed by atoms with van der Waals surface area (Å²) in [6.07, 6.45) is 0. The van der Waals surface area contributed by atoms with Gasteiger partial charge in [-0.1, -0.05) is 18.2 Å². The fourth-order valence-electron chi connectivity index (χ4n) is 1.63. The molecule has 0 radical (unpaired) electrons. The Balaban J connectivity index is 2.45. The van der Waals surface area contributed by atoms with Crippen molar-refractivity contribution in [3.63, 3.8) is 0 Å². The smallest absolute Gasteiger partial charge is 0.308 e. The summed E-state index contributed by atoms with van der Waals surface area (Å²) in [6, 6.07) is 7.56. The highest BCUT2D eigenvalue weighted by molar-refractivity contribution is 7.13. The van der Waals surface area contributed by atoms with Gasteiger partial charge < -0.3 is 15.2 Å². The predicted octanol–water partition coefficient (Wildman–Crippen LogP) is 2.93. The summed E-state index contributed by atoms with van der Waals surface area (Å²) in [7, 11) is 1.61. The van der Waals surface area contributed by atoms with Crippen LogP contribution in [0.4, 0.5) is 5.69 Å². The number of nitrogen functional groups attached to an aromatic ring is 1. The molecule has 0 unspecified atom stereocenters. The molecule has 0 aliphatic heterocycles. The minimum atomic E-state index is -0.380. The number of esters is 1. The van der Waals surface area contributed by atoms with E-state index in [0.717, 1.165) is 16.9 Å². The molecule has 0 aliphatic carbocycles. The maximum atomic E-state index is 10.9. The lowest BCUT2D eigenvalue weighted by molar-refractivity contribution is -0.131. The third-order valence-corrected chi connectivity index (χ3v) is 3.30. The number of anilines is 1. The molecule has 0 saturated heterocycles. The molecule has 0 aliphatic rings. The minimum absolute atomic E-state index is 0.380. The Morgan fingerprint density at radius 3 is 2.67 bits per heavy atom. The van der Waals surface area contributed by atoms with E-state index in [0.29, 0.717) is 10.8 Å². The predicted molar refractivity (Wildman–Crippen MR) is 72.0 cm³/mol. The van der Waals surface area contributed by atoms with E-state index in [-0.39, 0.29) is 5.97 Å². The number of nitrogens with two attached hydrogens (primary N) is 1. The topological polar surface area (TPSA) is 61.5 Å². The molecule has 4 nitrogen and oxygen atoms in total. The number of para-hydroxylation sites is 1. The van der Waals surface area contributed by atoms with Gasteiger partial charge in [-0.15, -0.1) is 11.3 Å². The number of thiophene rings is 1. The molecule has 0 fully saturated rings. The number of carbonyl (C=O) groups excluding carboxylic acids is 1. The fraction of sp³-hybridized carbons (Fsp3) is 0.154. The highest BCUT2D eigenvalue weighted by Crippen LogP contribution is 2.42. The molecule has 94 valence electrons. The monoisotopic (exact) mass is 263 g/mol. The average molecular weight is 263 g/mol. The largest absolute Gasteiger partial charge is 0.496 e. The van der Waals surface area contributed by atoms with Crippen LogP contribution >= 0.6 is 11.3 Å². The van der Waals surface area contributed by atoms with Gasteiger partial charge >= 0.3 is 5.97 Å². The second kappa shape index (κ2) is 5.10. The Morgan fingerprint density at radius 1 is 1.28 bits per heavy atom. The molecule has 1 aromatic heterocycles. The molecule has 0 atom stereocenters. The fourth-order valence-corrected chi connectivity index (χ4v) is 2.52. The van der Waals surface area contributed by atoms with Crippen LogP contribution < -0.4 is 15.2 Å². The number of hydrogen-bond acceptors (Lipinski definition) is 5. The van der Waals surface area contributed by atoms with Crippen LogP contribution in [0.1, 0.15) is 6.92 Å². The van der Waals surface area contributed by atoms with Crippen LogP contribution in [0.5, 0.6) is 10.8 Å². The van der Waals surface area contributed by atoms with E-state index in [1.54, 1.807) is 7.11 Å². The van der Waals surface area contributed by atoms with Gasteiger partial charge in [0.2, 0.25) is 5.06 Å². The van der Waals surface area contributed by atoms with Gasteiger partial charge in [-0.25, -0.2) is 0 Å². The highest BCUT2D eigenvalue weighted by atomic mass is 32.1. The van der Waals surface area contributed by atoms with Gasteiger partial charge in [0.05, 0.1) is 12.8 Å². The van der Waals surface area contributed by atoms with Crippen LogP contribution in [0.3, 0.4) is 0 Å². The summed E-state index contributed by atoms with van der Waals surface area (Å²) >= 11 is 1.29. The Hall–Kier alpha value is -2.01. The number of hydrogen-bond donors (Lipinski definition) is 1. The Morgan fingerprint density at radius 2 is 2.00 bits per heavy atom. The van der Waals surface area contributed by atoms with E-state index >= 15 is 0 Å². The van der Waals surface area contributed by atoms with Crippen molar-refractivity contribution in [1.82, 2.24) is 0 Å². The van der Waals surface area contributed by atoms with Crippen molar-refractivity contribution < 1.29 is 14.3 Å². The van der Waals surface area contributed by atoms with Gasteiger partial charge in [0.15, 0.2) is 0 Å². The summed E-state index contributed by atoms with van der Waals surface area (Å²) in [6.45, 7) is 1.35. The summed E-state index contributed by atoms with van der Waals surface area (Å²) < 4.78 is 10.3. The van der Waals surface area contributed by atoms with Crippen LogP contribution in [0, 0.1) is 0 Å². The van der Waals surface area contributed by atoms with E-state index in [4.69, 9.17) is 15.2 Å². The maximum absolute atomic E-state index is 10.9. The van der Waals surface area contributed by atoms with Crippen molar-refractivity contribution in [2.45, 2.75) is 6.92 Å². The molecule has 1 aromatic carbocycles. The quantitative estimate of drug-likeness (QED) is 0.865. The van der Waals surface area contributed by atoms with Crippen molar-refractivity contribution in [1.29, 1.82) is 0 Å². The summed E-state index contributed by atoms with van der Waals surface area (Å²) in [5, 5.41) is 2.27. The van der Waals surface area contributed by atoms with Gasteiger partial charge in [0, 0.05) is 23.4 Å². The van der Waals surface area contributed by atoms with Crippen molar-refractivity contribution in [3.8, 4) is 21.9 Å². The molecule has 2 aromatic rings. The molecular weight excluding hydrogens is 250 g/mol. The molecule has 0 amide bonds. The van der Waals surface area contributed by atoms with Crippen molar-refractivity contribution in [3.05, 3.63) is 29.6 Å². The summed E-state index contributed by atoms with van der Waals surface area (Å²) in [5.74, 6) is 0.353. The maximum Gasteiger partial charge on any atom is 0.308 e. The normalized spacial score (nSPS) is 10.1. The van der Waals surface area contributed by atoms with Crippen molar-refractivity contribution in [2.75, 3.05) is 12.8 Å². The number of rotatable bonds is 3. The standard InChI is InChI=1S/C13H13NO3S/c1-8(15)17-13-12(14)10(7-18-13)9-5-3-4-6-11(9)16-2/h3-7H,14H2,1-2H3. The third kappa shape index (κ3) is 2.31. The molecule has 0 spiro atoms. The van der Waals surface area contributed by atoms with Gasteiger partial charge in [0.25, 0.3) is 0 Å². The zero-order valence-corrected chi connectivity index (χ0v) is 10.9. The summed E-state index contributed by atoms with van der Waals surface area (Å²) in [4.78, 5) is 10.9. The van der Waals surface area contributed by atoms with Crippen LogP contribution in [-0.2, 0) is 4.79 Å². The van der Waals surface area contributed by atoms with Crippen LogP contribution in [-0.4, -0.2) is 13.1 Å². The zero-order chi connectivity index (χ0) is 13.1. The van der Waals surface area contributed by atoms with Crippen molar-refractivity contribution in [2.24, 2.45) is 0 Å². The summed E-state index contributed by atoms with van der Waals surface area (Å²) in [5.41, 5.74) is 8.14.